The molecule has 1 fully saturated rings. The standard InChI is InChI=1S/C51H41NSi/c1-50(2)40-20-8-4-16-34(40)39-31-45-43(32-42(39)50)51(28-14-3-15-29-51)41-21-9-10-22-44(41)52(45)33-26-27-38-37-19-7-13-25-48(37)53(49(38)30-33)46-23-11-5-17-35(46)36-18-6-12-24-47(36)53/h4-13,16-27,30-32H,3,14-15,28-29H2,1-2H3. The van der Waals surface area contributed by atoms with Gasteiger partial charge in [0.05, 0.1) is 11.4 Å². The van der Waals surface area contributed by atoms with E-state index in [9.17, 15) is 0 Å². The highest BCUT2D eigenvalue weighted by Gasteiger charge is 2.54. The van der Waals surface area contributed by atoms with Gasteiger partial charge < -0.3 is 4.90 Å². The zero-order valence-electron chi connectivity index (χ0n) is 30.4. The minimum atomic E-state index is -2.58. The van der Waals surface area contributed by atoms with Crippen LogP contribution in [0.3, 0.4) is 0 Å². The third kappa shape index (κ3) is 3.59. The molecule has 3 aliphatic heterocycles. The average Bonchev–Trinajstić information content (AvgIpc) is 3.76. The summed E-state index contributed by atoms with van der Waals surface area (Å²) in [5.74, 6) is 0. The first-order valence-electron chi connectivity index (χ1n) is 19.7. The number of nitrogens with zero attached hydrogens (tertiary/aromatic N) is 1. The molecule has 1 saturated carbocycles. The van der Waals surface area contributed by atoms with Crippen molar-refractivity contribution in [2.75, 3.05) is 4.90 Å². The molecule has 2 aliphatic carbocycles. The fourth-order valence-electron chi connectivity index (χ4n) is 11.8. The van der Waals surface area contributed by atoms with Gasteiger partial charge in [-0.15, -0.1) is 0 Å². The van der Waals surface area contributed by atoms with Gasteiger partial charge >= 0.3 is 0 Å². The van der Waals surface area contributed by atoms with E-state index in [0.29, 0.717) is 0 Å². The summed E-state index contributed by atoms with van der Waals surface area (Å²) in [6.07, 6.45) is 6.29. The van der Waals surface area contributed by atoms with Crippen molar-refractivity contribution < 1.29 is 0 Å². The SMILES string of the molecule is CC1(C)c2ccccc2-c2cc3c(cc21)C1(CCCCC1)c1ccccc1N3c1ccc2c(c1)[Si]1(c3ccccc3-c3ccccc31)c1ccccc1-2. The largest absolute Gasteiger partial charge is 0.310 e. The van der Waals surface area contributed by atoms with Gasteiger partial charge in [-0.25, -0.2) is 0 Å². The Bertz CT molecular complexity index is 2650. The van der Waals surface area contributed by atoms with Gasteiger partial charge in [-0.1, -0.05) is 161 Å². The minimum Gasteiger partial charge on any atom is -0.310 e. The van der Waals surface area contributed by atoms with E-state index in [2.05, 4.69) is 170 Å². The second kappa shape index (κ2) is 10.4. The lowest BCUT2D eigenvalue weighted by Crippen LogP contribution is -2.70. The Labute approximate surface area is 313 Å². The van der Waals surface area contributed by atoms with Gasteiger partial charge in [0.1, 0.15) is 0 Å². The number of fused-ring (bicyclic) bond motifs is 17. The summed E-state index contributed by atoms with van der Waals surface area (Å²) in [6, 6.07) is 59.3. The summed E-state index contributed by atoms with van der Waals surface area (Å²) >= 11 is 0. The van der Waals surface area contributed by atoms with Crippen LogP contribution in [0.2, 0.25) is 0 Å². The van der Waals surface area contributed by atoms with Crippen LogP contribution in [0.5, 0.6) is 0 Å². The third-order valence-electron chi connectivity index (χ3n) is 14.1. The van der Waals surface area contributed by atoms with E-state index in [1.165, 1.54) is 126 Å². The van der Waals surface area contributed by atoms with E-state index >= 15 is 0 Å². The predicted octanol–water partition coefficient (Wildman–Crippen LogP) is 10.4. The molecule has 2 heteroatoms. The minimum absolute atomic E-state index is 0.0207. The van der Waals surface area contributed by atoms with E-state index < -0.39 is 8.07 Å². The fourth-order valence-corrected chi connectivity index (χ4v) is 17.5. The van der Waals surface area contributed by atoms with Gasteiger partial charge in [-0.2, -0.15) is 0 Å². The maximum atomic E-state index is 2.67. The van der Waals surface area contributed by atoms with E-state index in [-0.39, 0.29) is 10.8 Å². The molecule has 0 bridgehead atoms. The molecule has 7 aromatic rings. The van der Waals surface area contributed by atoms with Crippen LogP contribution in [-0.2, 0) is 10.8 Å². The Morgan fingerprint density at radius 3 is 1.62 bits per heavy atom. The Balaban J connectivity index is 1.16. The van der Waals surface area contributed by atoms with Crippen molar-refractivity contribution in [1.29, 1.82) is 0 Å². The van der Waals surface area contributed by atoms with Crippen LogP contribution in [0.25, 0.3) is 33.4 Å². The van der Waals surface area contributed by atoms with Gasteiger partial charge in [0, 0.05) is 16.5 Å². The second-order valence-corrected chi connectivity index (χ2v) is 20.4. The number of anilines is 3. The highest BCUT2D eigenvalue weighted by molar-refractivity contribution is 7.24. The molecule has 254 valence electrons. The maximum Gasteiger partial charge on any atom is 0.182 e. The molecule has 0 N–H and O–H groups in total. The first-order valence-corrected chi connectivity index (χ1v) is 21.7. The Morgan fingerprint density at radius 1 is 0.415 bits per heavy atom. The Morgan fingerprint density at radius 2 is 0.962 bits per heavy atom. The van der Waals surface area contributed by atoms with E-state index in [0.717, 1.165) is 0 Å². The lowest BCUT2D eigenvalue weighted by molar-refractivity contribution is 0.344. The van der Waals surface area contributed by atoms with Crippen molar-refractivity contribution in [2.24, 2.45) is 0 Å². The van der Waals surface area contributed by atoms with Crippen LogP contribution in [-0.4, -0.2) is 8.07 Å². The number of hydrogen-bond donors (Lipinski definition) is 0. The number of hydrogen-bond acceptors (Lipinski definition) is 1. The molecule has 0 amide bonds. The Kier molecular flexibility index (Phi) is 5.88. The summed E-state index contributed by atoms with van der Waals surface area (Å²) < 4.78 is 0. The lowest BCUT2D eigenvalue weighted by atomic mass is 9.62. The third-order valence-corrected chi connectivity index (χ3v) is 19.0. The van der Waals surface area contributed by atoms with Gasteiger partial charge in [-0.05, 0) is 113 Å². The molecule has 3 heterocycles. The summed E-state index contributed by atoms with van der Waals surface area (Å²) in [5, 5.41) is 6.11. The highest BCUT2D eigenvalue weighted by atomic mass is 28.3. The molecule has 0 saturated heterocycles. The Hall–Kier alpha value is -5.44. The van der Waals surface area contributed by atoms with E-state index in [4.69, 9.17) is 0 Å². The molecule has 2 spiro atoms. The van der Waals surface area contributed by atoms with Gasteiger partial charge in [0.2, 0.25) is 0 Å². The van der Waals surface area contributed by atoms with Gasteiger partial charge in [0.25, 0.3) is 0 Å². The fraction of sp³-hybridized carbons (Fsp3) is 0.176. The maximum absolute atomic E-state index is 2.67. The molecule has 7 aromatic carbocycles. The smallest absolute Gasteiger partial charge is 0.182 e. The van der Waals surface area contributed by atoms with E-state index in [1.807, 2.05) is 0 Å². The molecule has 0 unspecified atom stereocenters. The van der Waals surface area contributed by atoms with Gasteiger partial charge in [0.15, 0.2) is 8.07 Å². The molecular formula is C51H41NSi. The predicted molar refractivity (Wildman–Crippen MR) is 224 cm³/mol. The highest BCUT2D eigenvalue weighted by Crippen LogP contribution is 2.61. The zero-order chi connectivity index (χ0) is 35.1. The summed E-state index contributed by atoms with van der Waals surface area (Å²) in [7, 11) is -2.58. The first-order chi connectivity index (χ1) is 26.0. The second-order valence-electron chi connectivity index (χ2n) is 16.7. The summed E-state index contributed by atoms with van der Waals surface area (Å²) in [5.41, 5.74) is 18.4. The van der Waals surface area contributed by atoms with Crippen molar-refractivity contribution in [1.82, 2.24) is 0 Å². The normalized spacial score (nSPS) is 18.0. The summed E-state index contributed by atoms with van der Waals surface area (Å²) in [6.45, 7) is 4.87. The molecule has 0 atom stereocenters. The molecule has 5 aliphatic rings. The zero-order valence-corrected chi connectivity index (χ0v) is 31.4. The van der Waals surface area contributed by atoms with Crippen molar-refractivity contribution in [2.45, 2.75) is 56.8 Å². The average molecular weight is 696 g/mol. The molecule has 53 heavy (non-hydrogen) atoms. The molecule has 12 rings (SSSR count). The van der Waals surface area contributed by atoms with Crippen LogP contribution in [0.4, 0.5) is 17.1 Å². The van der Waals surface area contributed by atoms with Crippen LogP contribution in [0.1, 0.15) is 68.2 Å². The summed E-state index contributed by atoms with van der Waals surface area (Å²) in [4.78, 5) is 2.66. The van der Waals surface area contributed by atoms with Crippen molar-refractivity contribution >= 4 is 45.9 Å². The van der Waals surface area contributed by atoms with Crippen LogP contribution in [0, 0.1) is 0 Å². The molecule has 1 nitrogen and oxygen atoms in total. The number of rotatable bonds is 1. The lowest BCUT2D eigenvalue weighted by Gasteiger charge is -2.48. The number of para-hydroxylation sites is 1. The molecular weight excluding hydrogens is 655 g/mol. The van der Waals surface area contributed by atoms with Crippen LogP contribution in [0.15, 0.2) is 152 Å². The molecule has 0 radical (unpaired) electrons. The monoisotopic (exact) mass is 695 g/mol. The van der Waals surface area contributed by atoms with E-state index in [1.54, 1.807) is 0 Å². The van der Waals surface area contributed by atoms with Crippen LogP contribution < -0.4 is 25.6 Å². The topological polar surface area (TPSA) is 3.24 Å². The van der Waals surface area contributed by atoms with Crippen molar-refractivity contribution in [3.05, 3.63) is 174 Å². The van der Waals surface area contributed by atoms with Crippen LogP contribution >= 0.6 is 0 Å². The quantitative estimate of drug-likeness (QED) is 0.155. The number of benzene rings is 7. The van der Waals surface area contributed by atoms with Gasteiger partial charge in [-0.3, -0.25) is 0 Å². The molecule has 0 aromatic heterocycles. The van der Waals surface area contributed by atoms with Crippen molar-refractivity contribution in [3.63, 3.8) is 0 Å². The first kappa shape index (κ1) is 30.1. The van der Waals surface area contributed by atoms with Crippen molar-refractivity contribution in [3.8, 4) is 33.4 Å².